The summed E-state index contributed by atoms with van der Waals surface area (Å²) in [6, 6.07) is 11.2. The summed E-state index contributed by atoms with van der Waals surface area (Å²) in [5.74, 6) is 0. The number of benzene rings is 1. The van der Waals surface area contributed by atoms with Gasteiger partial charge in [0.15, 0.2) is 0 Å². The molecule has 3 heterocycles. The molecule has 0 bridgehead atoms. The number of hydrogen-bond acceptors (Lipinski definition) is 1. The zero-order chi connectivity index (χ0) is 15.6. The largest absolute Gasteiger partial charge is 0.344 e. The van der Waals surface area contributed by atoms with Crippen LogP contribution in [-0.2, 0) is 25.7 Å². The number of rotatable bonds is 3. The van der Waals surface area contributed by atoms with Crippen LogP contribution in [-0.4, -0.2) is 16.8 Å². The number of aromatic nitrogens is 2. The summed E-state index contributed by atoms with van der Waals surface area (Å²) in [4.78, 5) is 4.13. The molecule has 0 unspecified atom stereocenters. The van der Waals surface area contributed by atoms with Gasteiger partial charge in [-0.1, -0.05) is 30.7 Å². The van der Waals surface area contributed by atoms with E-state index in [1.165, 1.54) is 54.8 Å². The van der Waals surface area contributed by atoms with E-state index in [0.717, 1.165) is 13.0 Å². The van der Waals surface area contributed by atoms with E-state index in [2.05, 4.69) is 46.8 Å². The molecule has 0 radical (unpaired) electrons. The molecule has 0 N–H and O–H groups in total. The maximum absolute atomic E-state index is 4.13. The third-order valence-electron chi connectivity index (χ3n) is 5.16. The van der Waals surface area contributed by atoms with Crippen molar-refractivity contribution < 1.29 is 0 Å². The molecule has 0 saturated heterocycles. The molecule has 1 aliphatic rings. The van der Waals surface area contributed by atoms with E-state index in [4.69, 9.17) is 0 Å². The SMILES string of the molecule is Cc1ccc2c(c1)c1c(n2CCc2ccncc2)CCCBC1. The fraction of sp³-hybridized carbons (Fsp3) is 0.350. The van der Waals surface area contributed by atoms with Crippen LogP contribution in [0.2, 0.25) is 6.32 Å². The van der Waals surface area contributed by atoms with Crippen LogP contribution in [0.25, 0.3) is 10.9 Å². The van der Waals surface area contributed by atoms with Gasteiger partial charge in [0.2, 0.25) is 0 Å². The van der Waals surface area contributed by atoms with Crippen molar-refractivity contribution in [3.63, 3.8) is 0 Å². The van der Waals surface area contributed by atoms with Gasteiger partial charge in [0.25, 0.3) is 0 Å². The van der Waals surface area contributed by atoms with E-state index in [1.807, 2.05) is 12.4 Å². The Labute approximate surface area is 138 Å². The van der Waals surface area contributed by atoms with Crippen LogP contribution in [0.15, 0.2) is 42.7 Å². The molecular weight excluding hydrogens is 279 g/mol. The molecule has 3 aromatic rings. The molecular formula is C20H23BN2. The van der Waals surface area contributed by atoms with Crippen LogP contribution in [0.3, 0.4) is 0 Å². The molecule has 2 aromatic heterocycles. The zero-order valence-corrected chi connectivity index (χ0v) is 13.9. The molecule has 0 saturated carbocycles. The molecule has 3 heteroatoms. The second kappa shape index (κ2) is 6.23. The Morgan fingerprint density at radius 2 is 2.04 bits per heavy atom. The van der Waals surface area contributed by atoms with Crippen molar-refractivity contribution >= 4 is 18.2 Å². The first-order chi connectivity index (χ1) is 11.3. The fourth-order valence-corrected chi connectivity index (χ4v) is 3.97. The van der Waals surface area contributed by atoms with Crippen LogP contribution in [0, 0.1) is 6.92 Å². The Bertz CT molecular complexity index is 821. The highest BCUT2D eigenvalue weighted by molar-refractivity contribution is 6.35. The molecule has 0 amide bonds. The highest BCUT2D eigenvalue weighted by Crippen LogP contribution is 2.31. The van der Waals surface area contributed by atoms with E-state index in [1.54, 1.807) is 11.3 Å². The van der Waals surface area contributed by atoms with Gasteiger partial charge in [0.05, 0.1) is 0 Å². The van der Waals surface area contributed by atoms with E-state index in [9.17, 15) is 0 Å². The smallest absolute Gasteiger partial charge is 0.125 e. The lowest BCUT2D eigenvalue weighted by atomic mass is 9.69. The van der Waals surface area contributed by atoms with Gasteiger partial charge >= 0.3 is 0 Å². The van der Waals surface area contributed by atoms with Gasteiger partial charge in [0.1, 0.15) is 7.28 Å². The van der Waals surface area contributed by atoms with Crippen molar-refractivity contribution in [3.8, 4) is 0 Å². The molecule has 116 valence electrons. The summed E-state index contributed by atoms with van der Waals surface area (Å²) >= 11 is 0. The van der Waals surface area contributed by atoms with Crippen molar-refractivity contribution in [2.75, 3.05) is 0 Å². The topological polar surface area (TPSA) is 17.8 Å². The summed E-state index contributed by atoms with van der Waals surface area (Å²) in [5, 5.41) is 1.50. The van der Waals surface area contributed by atoms with Gasteiger partial charge in [0, 0.05) is 35.5 Å². The van der Waals surface area contributed by atoms with E-state index in [0.29, 0.717) is 0 Å². The predicted molar refractivity (Wildman–Crippen MR) is 98.6 cm³/mol. The van der Waals surface area contributed by atoms with Crippen molar-refractivity contribution in [3.05, 3.63) is 65.1 Å². The lowest BCUT2D eigenvalue weighted by Gasteiger charge is -2.11. The van der Waals surface area contributed by atoms with Gasteiger partial charge in [-0.3, -0.25) is 4.98 Å². The molecule has 0 fully saturated rings. The highest BCUT2D eigenvalue weighted by Gasteiger charge is 2.19. The Morgan fingerprint density at radius 1 is 1.17 bits per heavy atom. The van der Waals surface area contributed by atoms with Crippen LogP contribution in [0.1, 0.15) is 28.8 Å². The third-order valence-corrected chi connectivity index (χ3v) is 5.16. The van der Waals surface area contributed by atoms with Crippen LogP contribution in [0.4, 0.5) is 0 Å². The standard InChI is InChI=1S/C20H23BN2/c1-15-4-5-20-17(13-15)18-14-21-9-2-3-19(18)23(20)12-8-16-6-10-22-11-7-16/h4-7,10-11,13,21H,2-3,8-9,12,14H2,1H3. The summed E-state index contributed by atoms with van der Waals surface area (Å²) in [6.45, 7) is 3.27. The monoisotopic (exact) mass is 302 g/mol. The van der Waals surface area contributed by atoms with Crippen molar-refractivity contribution in [1.29, 1.82) is 0 Å². The number of fused-ring (bicyclic) bond motifs is 3. The van der Waals surface area contributed by atoms with Crippen molar-refractivity contribution in [1.82, 2.24) is 9.55 Å². The number of pyridine rings is 1. The summed E-state index contributed by atoms with van der Waals surface area (Å²) in [6.07, 6.45) is 10.0. The lowest BCUT2D eigenvalue weighted by Crippen LogP contribution is -2.06. The third kappa shape index (κ3) is 2.80. The number of hydrogen-bond donors (Lipinski definition) is 0. The molecule has 1 aliphatic heterocycles. The zero-order valence-electron chi connectivity index (χ0n) is 13.9. The van der Waals surface area contributed by atoms with Gasteiger partial charge in [-0.25, -0.2) is 0 Å². The van der Waals surface area contributed by atoms with Gasteiger partial charge in [-0.2, -0.15) is 0 Å². The van der Waals surface area contributed by atoms with Gasteiger partial charge < -0.3 is 4.57 Å². The van der Waals surface area contributed by atoms with Crippen molar-refractivity contribution in [2.45, 2.75) is 45.4 Å². The summed E-state index contributed by atoms with van der Waals surface area (Å²) in [5.41, 5.74) is 7.39. The average Bonchev–Trinajstić information content (AvgIpc) is 2.73. The average molecular weight is 302 g/mol. The van der Waals surface area contributed by atoms with Crippen LogP contribution >= 0.6 is 0 Å². The first kappa shape index (κ1) is 14.6. The van der Waals surface area contributed by atoms with E-state index in [-0.39, 0.29) is 0 Å². The van der Waals surface area contributed by atoms with Crippen LogP contribution in [0.5, 0.6) is 0 Å². The molecule has 0 aliphatic carbocycles. The molecule has 1 aromatic carbocycles. The second-order valence-corrected chi connectivity index (χ2v) is 6.76. The molecule has 0 atom stereocenters. The maximum Gasteiger partial charge on any atom is 0.125 e. The Kier molecular flexibility index (Phi) is 3.94. The minimum absolute atomic E-state index is 1.07. The first-order valence-electron chi connectivity index (χ1n) is 8.82. The molecule has 0 spiro atoms. The minimum atomic E-state index is 1.07. The molecule has 2 nitrogen and oxygen atoms in total. The Balaban J connectivity index is 1.76. The normalized spacial score (nSPS) is 14.3. The number of aryl methyl sites for hydroxylation is 3. The van der Waals surface area contributed by atoms with Gasteiger partial charge in [-0.15, -0.1) is 0 Å². The summed E-state index contributed by atoms with van der Waals surface area (Å²) in [7, 11) is 1.34. The summed E-state index contributed by atoms with van der Waals surface area (Å²) < 4.78 is 2.59. The lowest BCUT2D eigenvalue weighted by molar-refractivity contribution is 0.672. The first-order valence-corrected chi connectivity index (χ1v) is 8.82. The highest BCUT2D eigenvalue weighted by atomic mass is 15.0. The van der Waals surface area contributed by atoms with Crippen molar-refractivity contribution in [2.24, 2.45) is 0 Å². The minimum Gasteiger partial charge on any atom is -0.344 e. The van der Waals surface area contributed by atoms with E-state index < -0.39 is 0 Å². The number of nitrogens with zero attached hydrogens (tertiary/aromatic N) is 2. The Morgan fingerprint density at radius 3 is 2.91 bits per heavy atom. The second-order valence-electron chi connectivity index (χ2n) is 6.76. The Hall–Kier alpha value is -2.03. The maximum atomic E-state index is 4.13. The predicted octanol–water partition coefficient (Wildman–Crippen LogP) is 3.89. The van der Waals surface area contributed by atoms with Gasteiger partial charge in [-0.05, 0) is 55.2 Å². The molecule has 4 rings (SSSR count). The van der Waals surface area contributed by atoms with E-state index >= 15 is 0 Å². The quantitative estimate of drug-likeness (QED) is 0.671. The molecule has 23 heavy (non-hydrogen) atoms. The van der Waals surface area contributed by atoms with Crippen LogP contribution < -0.4 is 0 Å². The fourth-order valence-electron chi connectivity index (χ4n) is 3.97.